The SMILES string of the molecule is CC1CCc2c(sc(NC(=O)CSc3nnc(C(C)Oc4ccc(F)cc4)n3C)c2C(N)=O)C1. The predicted octanol–water partition coefficient (Wildman–Crippen LogP) is 4.11. The van der Waals surface area contributed by atoms with E-state index in [0.29, 0.717) is 33.2 Å². The van der Waals surface area contributed by atoms with Crippen LogP contribution in [0, 0.1) is 11.7 Å². The van der Waals surface area contributed by atoms with Crippen LogP contribution in [0.25, 0.3) is 0 Å². The summed E-state index contributed by atoms with van der Waals surface area (Å²) in [6, 6.07) is 5.75. The lowest BCUT2D eigenvalue weighted by molar-refractivity contribution is -0.113. The van der Waals surface area contributed by atoms with Crippen molar-refractivity contribution in [3.05, 3.63) is 51.9 Å². The fourth-order valence-electron chi connectivity index (χ4n) is 3.97. The number of anilines is 1. The topological polar surface area (TPSA) is 112 Å². The Labute approximate surface area is 205 Å². The monoisotopic (exact) mass is 503 g/mol. The molecule has 2 unspecified atom stereocenters. The van der Waals surface area contributed by atoms with E-state index in [4.69, 9.17) is 10.5 Å². The molecule has 0 radical (unpaired) electrons. The van der Waals surface area contributed by atoms with Gasteiger partial charge in [0.15, 0.2) is 17.1 Å². The number of thiophene rings is 1. The minimum atomic E-state index is -0.511. The maximum absolute atomic E-state index is 13.1. The van der Waals surface area contributed by atoms with Crippen LogP contribution in [0.4, 0.5) is 9.39 Å². The van der Waals surface area contributed by atoms with E-state index in [-0.39, 0.29) is 17.5 Å². The van der Waals surface area contributed by atoms with Gasteiger partial charge in [0.1, 0.15) is 16.6 Å². The largest absolute Gasteiger partial charge is 0.483 e. The quantitative estimate of drug-likeness (QED) is 0.448. The van der Waals surface area contributed by atoms with Gasteiger partial charge in [0.2, 0.25) is 5.91 Å². The van der Waals surface area contributed by atoms with Crippen molar-refractivity contribution in [1.29, 1.82) is 0 Å². The molecule has 3 aromatic rings. The molecule has 0 spiro atoms. The molecule has 2 atom stereocenters. The molecule has 0 saturated carbocycles. The van der Waals surface area contributed by atoms with Crippen LogP contribution >= 0.6 is 23.1 Å². The molecule has 11 heteroatoms. The molecule has 2 aromatic heterocycles. The molecule has 0 saturated heterocycles. The number of hydrogen-bond donors (Lipinski definition) is 2. The highest BCUT2D eigenvalue weighted by molar-refractivity contribution is 7.99. The minimum Gasteiger partial charge on any atom is -0.483 e. The summed E-state index contributed by atoms with van der Waals surface area (Å²) >= 11 is 2.67. The Morgan fingerprint density at radius 2 is 2.09 bits per heavy atom. The number of nitrogens with zero attached hydrogens (tertiary/aromatic N) is 3. The lowest BCUT2D eigenvalue weighted by Gasteiger charge is -2.18. The first-order chi connectivity index (χ1) is 16.2. The first kappa shape index (κ1) is 24.2. The number of amides is 2. The third-order valence-corrected chi connectivity index (χ3v) is 7.89. The highest BCUT2D eigenvalue weighted by atomic mass is 32.2. The zero-order valence-corrected chi connectivity index (χ0v) is 20.8. The Kier molecular flexibility index (Phi) is 7.22. The van der Waals surface area contributed by atoms with E-state index in [9.17, 15) is 14.0 Å². The summed E-state index contributed by atoms with van der Waals surface area (Å²) < 4.78 is 20.7. The average molecular weight is 504 g/mol. The third kappa shape index (κ3) is 5.25. The molecule has 34 heavy (non-hydrogen) atoms. The number of carbonyl (C=O) groups is 2. The van der Waals surface area contributed by atoms with Crippen LogP contribution in [0.2, 0.25) is 0 Å². The molecule has 1 aliphatic rings. The highest BCUT2D eigenvalue weighted by Crippen LogP contribution is 2.39. The summed E-state index contributed by atoms with van der Waals surface area (Å²) in [5.74, 6) is 0.631. The number of nitrogens with two attached hydrogens (primary N) is 1. The minimum absolute atomic E-state index is 0.0936. The predicted molar refractivity (Wildman–Crippen MR) is 130 cm³/mol. The summed E-state index contributed by atoms with van der Waals surface area (Å²) in [4.78, 5) is 25.9. The Balaban J connectivity index is 1.39. The van der Waals surface area contributed by atoms with Gasteiger partial charge < -0.3 is 20.4 Å². The number of benzene rings is 1. The van der Waals surface area contributed by atoms with E-state index >= 15 is 0 Å². The van der Waals surface area contributed by atoms with Crippen LogP contribution < -0.4 is 15.8 Å². The number of rotatable bonds is 8. The number of fused-ring (bicyclic) bond motifs is 1. The van der Waals surface area contributed by atoms with E-state index in [0.717, 1.165) is 29.7 Å². The van der Waals surface area contributed by atoms with Gasteiger partial charge in [0.05, 0.1) is 11.3 Å². The second kappa shape index (κ2) is 10.1. The van der Waals surface area contributed by atoms with Crippen LogP contribution in [0.15, 0.2) is 29.4 Å². The van der Waals surface area contributed by atoms with Gasteiger partial charge >= 0.3 is 0 Å². The molecule has 0 aliphatic heterocycles. The van der Waals surface area contributed by atoms with Crippen LogP contribution in [0.3, 0.4) is 0 Å². The van der Waals surface area contributed by atoms with Crippen molar-refractivity contribution >= 4 is 39.9 Å². The molecular formula is C23H26FN5O3S2. The lowest BCUT2D eigenvalue weighted by Crippen LogP contribution is -2.20. The molecule has 0 fully saturated rings. The van der Waals surface area contributed by atoms with E-state index in [1.54, 1.807) is 23.7 Å². The van der Waals surface area contributed by atoms with E-state index in [2.05, 4.69) is 22.4 Å². The van der Waals surface area contributed by atoms with Gasteiger partial charge in [-0.3, -0.25) is 9.59 Å². The van der Waals surface area contributed by atoms with Crippen molar-refractivity contribution in [2.75, 3.05) is 11.1 Å². The number of hydrogen-bond acceptors (Lipinski definition) is 7. The van der Waals surface area contributed by atoms with Crippen molar-refractivity contribution in [1.82, 2.24) is 14.8 Å². The molecule has 1 aromatic carbocycles. The van der Waals surface area contributed by atoms with Crippen LogP contribution in [-0.2, 0) is 24.7 Å². The number of halogens is 1. The zero-order chi connectivity index (χ0) is 24.4. The number of primary amides is 1. The molecule has 2 amide bonds. The van der Waals surface area contributed by atoms with E-state index in [1.807, 2.05) is 6.92 Å². The fourth-order valence-corrected chi connectivity index (χ4v) is 6.12. The van der Waals surface area contributed by atoms with Gasteiger partial charge in [0.25, 0.3) is 5.91 Å². The molecule has 1 aliphatic carbocycles. The first-order valence-electron chi connectivity index (χ1n) is 10.9. The normalized spacial score (nSPS) is 16.1. The fraction of sp³-hybridized carbons (Fsp3) is 0.391. The van der Waals surface area contributed by atoms with Crippen molar-refractivity contribution < 1.29 is 18.7 Å². The molecule has 8 nitrogen and oxygen atoms in total. The Morgan fingerprint density at radius 3 is 2.79 bits per heavy atom. The summed E-state index contributed by atoms with van der Waals surface area (Å²) in [5, 5.41) is 12.3. The van der Waals surface area contributed by atoms with Crippen molar-refractivity contribution in [2.45, 2.75) is 44.4 Å². The Hall–Kier alpha value is -2.92. The van der Waals surface area contributed by atoms with Gasteiger partial charge in [-0.2, -0.15) is 0 Å². The van der Waals surface area contributed by atoms with Crippen LogP contribution in [-0.4, -0.2) is 32.3 Å². The maximum atomic E-state index is 13.1. The van der Waals surface area contributed by atoms with Crippen molar-refractivity contribution in [3.8, 4) is 5.75 Å². The molecule has 2 heterocycles. The molecule has 180 valence electrons. The highest BCUT2D eigenvalue weighted by Gasteiger charge is 2.27. The van der Waals surface area contributed by atoms with Gasteiger partial charge in [-0.25, -0.2) is 4.39 Å². The maximum Gasteiger partial charge on any atom is 0.251 e. The molecular weight excluding hydrogens is 477 g/mol. The van der Waals surface area contributed by atoms with E-state index < -0.39 is 12.0 Å². The van der Waals surface area contributed by atoms with E-state index in [1.165, 1.54) is 35.2 Å². The van der Waals surface area contributed by atoms with Crippen LogP contribution in [0.5, 0.6) is 5.75 Å². The molecule has 4 rings (SSSR count). The molecule has 3 N–H and O–H groups in total. The number of aromatic nitrogens is 3. The Bertz CT molecular complexity index is 1210. The summed E-state index contributed by atoms with van der Waals surface area (Å²) in [6.07, 6.45) is 2.27. The average Bonchev–Trinajstić information content (AvgIpc) is 3.33. The van der Waals surface area contributed by atoms with Gasteiger partial charge in [-0.1, -0.05) is 18.7 Å². The number of thioether (sulfide) groups is 1. The smallest absolute Gasteiger partial charge is 0.251 e. The zero-order valence-electron chi connectivity index (χ0n) is 19.1. The van der Waals surface area contributed by atoms with Crippen molar-refractivity contribution in [3.63, 3.8) is 0 Å². The number of ether oxygens (including phenoxy) is 1. The van der Waals surface area contributed by atoms with Crippen LogP contribution in [0.1, 0.15) is 53.0 Å². The van der Waals surface area contributed by atoms with Crippen molar-refractivity contribution in [2.24, 2.45) is 18.7 Å². The summed E-state index contributed by atoms with van der Waals surface area (Å²) in [5.41, 5.74) is 7.05. The second-order valence-electron chi connectivity index (χ2n) is 8.37. The standard InChI is InChI=1S/C23H26FN5O3S2/c1-12-4-9-16-17(10-12)34-22(19(16)20(25)31)26-18(30)11-33-23-28-27-21(29(23)3)13(2)32-15-7-5-14(24)6-8-15/h5-8,12-13H,4,9-11H2,1-3H3,(H2,25,31)(H,26,30). The Morgan fingerprint density at radius 1 is 1.35 bits per heavy atom. The second-order valence-corrected chi connectivity index (χ2v) is 10.4. The van der Waals surface area contributed by atoms with Gasteiger partial charge in [-0.05, 0) is 61.9 Å². The lowest BCUT2D eigenvalue weighted by atomic mass is 9.88. The third-order valence-electron chi connectivity index (χ3n) is 5.70. The number of carbonyl (C=O) groups excluding carboxylic acids is 2. The molecule has 0 bridgehead atoms. The van der Waals surface area contributed by atoms with Gasteiger partial charge in [-0.15, -0.1) is 21.5 Å². The first-order valence-corrected chi connectivity index (χ1v) is 12.7. The van der Waals surface area contributed by atoms with Gasteiger partial charge in [0, 0.05) is 11.9 Å². The summed E-state index contributed by atoms with van der Waals surface area (Å²) in [7, 11) is 1.79. The summed E-state index contributed by atoms with van der Waals surface area (Å²) in [6.45, 7) is 4.00. The number of nitrogens with one attached hydrogen (secondary N) is 1.